The van der Waals surface area contributed by atoms with Gasteiger partial charge in [-0.3, -0.25) is 9.67 Å². The lowest BCUT2D eigenvalue weighted by Gasteiger charge is -2.15. The maximum Gasteiger partial charge on any atom is 0.191 e. The summed E-state index contributed by atoms with van der Waals surface area (Å²) in [5.41, 5.74) is 3.48. The predicted molar refractivity (Wildman–Crippen MR) is 113 cm³/mol. The van der Waals surface area contributed by atoms with Gasteiger partial charge in [-0.1, -0.05) is 12.1 Å². The molecule has 2 rings (SSSR count). The number of guanidine groups is 1. The van der Waals surface area contributed by atoms with Gasteiger partial charge in [0.1, 0.15) is 5.75 Å². The summed E-state index contributed by atoms with van der Waals surface area (Å²) >= 11 is 0. The number of hydrogen-bond acceptors (Lipinski definition) is 4. The van der Waals surface area contributed by atoms with Crippen LogP contribution in [-0.4, -0.2) is 49.7 Å². The average Bonchev–Trinajstić information content (AvgIpc) is 3.11. The second-order valence-electron chi connectivity index (χ2n) is 6.79. The smallest absolute Gasteiger partial charge is 0.191 e. The number of nitrogens with one attached hydrogen (secondary N) is 2. The van der Waals surface area contributed by atoms with Crippen LogP contribution in [0.2, 0.25) is 0 Å². The van der Waals surface area contributed by atoms with Crippen LogP contribution in [0.5, 0.6) is 5.75 Å². The van der Waals surface area contributed by atoms with Gasteiger partial charge in [-0.2, -0.15) is 5.10 Å². The maximum atomic E-state index is 5.95. The number of methoxy groups -OCH3 is 1. The highest BCUT2D eigenvalue weighted by Gasteiger charge is 2.06. The van der Waals surface area contributed by atoms with Crippen LogP contribution in [0.15, 0.2) is 35.6 Å². The number of aryl methyl sites for hydroxylation is 3. The van der Waals surface area contributed by atoms with Crippen LogP contribution in [-0.2, 0) is 17.8 Å². The summed E-state index contributed by atoms with van der Waals surface area (Å²) in [6.45, 7) is 7.83. The zero-order valence-corrected chi connectivity index (χ0v) is 17.5. The normalized spacial score (nSPS) is 11.5. The van der Waals surface area contributed by atoms with Gasteiger partial charge >= 0.3 is 0 Å². The summed E-state index contributed by atoms with van der Waals surface area (Å²) in [5, 5.41) is 11.0. The highest BCUT2D eigenvalue weighted by molar-refractivity contribution is 5.79. The molecule has 0 spiro atoms. The molecule has 0 atom stereocenters. The topological polar surface area (TPSA) is 72.7 Å². The zero-order chi connectivity index (χ0) is 20.2. The molecule has 0 radical (unpaired) electrons. The van der Waals surface area contributed by atoms with Crippen LogP contribution in [0.25, 0.3) is 0 Å². The van der Waals surface area contributed by atoms with Gasteiger partial charge in [-0.15, -0.1) is 0 Å². The molecule has 7 heteroatoms. The maximum absolute atomic E-state index is 5.95. The lowest BCUT2D eigenvalue weighted by molar-refractivity contribution is 0.171. The van der Waals surface area contributed by atoms with Gasteiger partial charge in [0.25, 0.3) is 0 Å². The third kappa shape index (κ3) is 7.60. The quantitative estimate of drug-likeness (QED) is 0.352. The number of aromatic nitrogens is 2. The third-order valence-electron chi connectivity index (χ3n) is 4.26. The van der Waals surface area contributed by atoms with E-state index < -0.39 is 0 Å². The number of nitrogens with zero attached hydrogens (tertiary/aromatic N) is 3. The Hall–Kier alpha value is -2.54. The minimum atomic E-state index is 0.643. The standard InChI is InChI=1S/C21H33N5O2/c1-17-7-8-19(20(13-17)28-12-6-11-27-4)15-24-21(22-3)23-9-5-10-26-16-18(2)14-25-26/h7-8,13-14,16H,5-6,9-12,15H2,1-4H3,(H2,22,23,24). The van der Waals surface area contributed by atoms with Crippen LogP contribution in [0.3, 0.4) is 0 Å². The van der Waals surface area contributed by atoms with E-state index in [9.17, 15) is 0 Å². The number of ether oxygens (including phenoxy) is 2. The number of hydrogen-bond donors (Lipinski definition) is 2. The molecule has 2 aromatic rings. The SMILES string of the molecule is CN=C(NCCCn1cc(C)cn1)NCc1ccc(C)cc1OCCCOC. The fourth-order valence-corrected chi connectivity index (χ4v) is 2.76. The Balaban J connectivity index is 1.78. The van der Waals surface area contributed by atoms with Crippen molar-refractivity contribution in [3.05, 3.63) is 47.3 Å². The Morgan fingerprint density at radius 3 is 2.71 bits per heavy atom. The molecule has 0 aliphatic heterocycles. The largest absolute Gasteiger partial charge is 0.493 e. The van der Waals surface area contributed by atoms with E-state index in [1.807, 2.05) is 17.8 Å². The lowest BCUT2D eigenvalue weighted by Crippen LogP contribution is -2.37. The van der Waals surface area contributed by atoms with Crippen molar-refractivity contribution in [1.82, 2.24) is 20.4 Å². The summed E-state index contributed by atoms with van der Waals surface area (Å²) < 4.78 is 13.0. The summed E-state index contributed by atoms with van der Waals surface area (Å²) in [6, 6.07) is 6.27. The Morgan fingerprint density at radius 2 is 2.00 bits per heavy atom. The van der Waals surface area contributed by atoms with Gasteiger partial charge in [-0.25, -0.2) is 0 Å². The number of rotatable bonds is 11. The molecule has 154 valence electrons. The molecule has 0 aliphatic carbocycles. The second kappa shape index (κ2) is 12.0. The first-order valence-electron chi connectivity index (χ1n) is 9.77. The molecule has 0 unspecified atom stereocenters. The Bertz CT molecular complexity index is 742. The molecule has 7 nitrogen and oxygen atoms in total. The summed E-state index contributed by atoms with van der Waals surface area (Å²) in [4.78, 5) is 4.30. The minimum Gasteiger partial charge on any atom is -0.493 e. The lowest BCUT2D eigenvalue weighted by atomic mass is 10.1. The van der Waals surface area contributed by atoms with Crippen molar-refractivity contribution >= 4 is 5.96 Å². The zero-order valence-electron chi connectivity index (χ0n) is 17.5. The molecule has 0 bridgehead atoms. The first-order valence-corrected chi connectivity index (χ1v) is 9.77. The second-order valence-corrected chi connectivity index (χ2v) is 6.79. The average molecular weight is 388 g/mol. The van der Waals surface area contributed by atoms with Crippen molar-refractivity contribution in [3.8, 4) is 5.75 Å². The van der Waals surface area contributed by atoms with Crippen molar-refractivity contribution in [2.24, 2.45) is 4.99 Å². The fourth-order valence-electron chi connectivity index (χ4n) is 2.76. The van der Waals surface area contributed by atoms with Crippen molar-refractivity contribution < 1.29 is 9.47 Å². The monoisotopic (exact) mass is 387 g/mol. The Labute approximate surface area is 168 Å². The number of benzene rings is 1. The van der Waals surface area contributed by atoms with E-state index in [1.54, 1.807) is 14.2 Å². The predicted octanol–water partition coefficient (Wildman–Crippen LogP) is 2.67. The van der Waals surface area contributed by atoms with Crippen molar-refractivity contribution in [1.29, 1.82) is 0 Å². The molecule has 0 aliphatic rings. The first kappa shape index (κ1) is 21.8. The highest BCUT2D eigenvalue weighted by Crippen LogP contribution is 2.20. The molecule has 2 N–H and O–H groups in total. The van der Waals surface area contributed by atoms with Crippen LogP contribution in [0.1, 0.15) is 29.5 Å². The van der Waals surface area contributed by atoms with E-state index in [0.29, 0.717) is 19.8 Å². The molecule has 1 aromatic heterocycles. The molecular weight excluding hydrogens is 354 g/mol. The molecular formula is C21H33N5O2. The van der Waals surface area contributed by atoms with E-state index in [-0.39, 0.29) is 0 Å². The van der Waals surface area contributed by atoms with Gasteiger partial charge in [0.2, 0.25) is 0 Å². The van der Waals surface area contributed by atoms with Crippen LogP contribution < -0.4 is 15.4 Å². The van der Waals surface area contributed by atoms with Gasteiger partial charge < -0.3 is 20.1 Å². The van der Waals surface area contributed by atoms with Gasteiger partial charge in [-0.05, 0) is 37.5 Å². The van der Waals surface area contributed by atoms with E-state index in [1.165, 1.54) is 11.1 Å². The van der Waals surface area contributed by atoms with Gasteiger partial charge in [0.05, 0.1) is 12.8 Å². The molecule has 0 amide bonds. The Kier molecular flexibility index (Phi) is 9.34. The molecule has 28 heavy (non-hydrogen) atoms. The molecule has 0 saturated heterocycles. The van der Waals surface area contributed by atoms with Gasteiger partial charge in [0, 0.05) is 58.6 Å². The molecule has 0 fully saturated rings. The summed E-state index contributed by atoms with van der Waals surface area (Å²) in [6.07, 6.45) is 5.78. The van der Waals surface area contributed by atoms with Gasteiger partial charge in [0.15, 0.2) is 5.96 Å². The fraction of sp³-hybridized carbons (Fsp3) is 0.524. The third-order valence-corrected chi connectivity index (χ3v) is 4.26. The summed E-state index contributed by atoms with van der Waals surface area (Å²) in [5.74, 6) is 1.69. The van der Waals surface area contributed by atoms with Crippen molar-refractivity contribution in [2.45, 2.75) is 39.8 Å². The molecule has 1 aromatic carbocycles. The first-order chi connectivity index (χ1) is 13.6. The summed E-state index contributed by atoms with van der Waals surface area (Å²) in [7, 11) is 3.49. The van der Waals surface area contributed by atoms with Crippen molar-refractivity contribution in [3.63, 3.8) is 0 Å². The highest BCUT2D eigenvalue weighted by atomic mass is 16.5. The van der Waals surface area contributed by atoms with E-state index in [0.717, 1.165) is 43.2 Å². The minimum absolute atomic E-state index is 0.643. The van der Waals surface area contributed by atoms with E-state index in [2.05, 4.69) is 52.0 Å². The van der Waals surface area contributed by atoms with Crippen molar-refractivity contribution in [2.75, 3.05) is 33.9 Å². The van der Waals surface area contributed by atoms with E-state index in [4.69, 9.17) is 9.47 Å². The Morgan fingerprint density at radius 1 is 1.14 bits per heavy atom. The molecule has 1 heterocycles. The number of aliphatic imine (C=N–C) groups is 1. The van der Waals surface area contributed by atoms with Crippen LogP contribution in [0, 0.1) is 13.8 Å². The van der Waals surface area contributed by atoms with Crippen LogP contribution >= 0.6 is 0 Å². The van der Waals surface area contributed by atoms with E-state index >= 15 is 0 Å². The molecule has 0 saturated carbocycles. The van der Waals surface area contributed by atoms with Crippen LogP contribution in [0.4, 0.5) is 0 Å².